The summed E-state index contributed by atoms with van der Waals surface area (Å²) < 4.78 is 0. The number of rotatable bonds is 4. The van der Waals surface area contributed by atoms with E-state index < -0.39 is 0 Å². The number of benzene rings is 1. The first kappa shape index (κ1) is 18.4. The van der Waals surface area contributed by atoms with Crippen molar-refractivity contribution >= 4 is 46.4 Å². The van der Waals surface area contributed by atoms with Gasteiger partial charge in [0.1, 0.15) is 0 Å². The summed E-state index contributed by atoms with van der Waals surface area (Å²) in [7, 11) is 0. The molecule has 0 aliphatic heterocycles. The SMILES string of the molecule is CC(C)(C)NCCC(C)(C)c1c(Cl)cc(Cl)c(Cl)c1Cl. The number of hydrogen-bond donors (Lipinski definition) is 1. The molecule has 0 aromatic heterocycles. The molecular weight excluding hydrogens is 336 g/mol. The second-order valence-corrected chi connectivity index (χ2v) is 8.22. The molecule has 1 N–H and O–H groups in total. The van der Waals surface area contributed by atoms with Gasteiger partial charge in [-0.05, 0) is 50.8 Å². The molecule has 20 heavy (non-hydrogen) atoms. The highest BCUT2D eigenvalue weighted by atomic mass is 35.5. The van der Waals surface area contributed by atoms with Crippen LogP contribution in [0.3, 0.4) is 0 Å². The van der Waals surface area contributed by atoms with Gasteiger partial charge in [0.05, 0.1) is 15.1 Å². The molecule has 0 aliphatic carbocycles. The van der Waals surface area contributed by atoms with E-state index in [9.17, 15) is 0 Å². The van der Waals surface area contributed by atoms with Gasteiger partial charge in [0.2, 0.25) is 0 Å². The van der Waals surface area contributed by atoms with Crippen LogP contribution in [0.15, 0.2) is 6.07 Å². The van der Waals surface area contributed by atoms with Crippen molar-refractivity contribution in [3.8, 4) is 0 Å². The van der Waals surface area contributed by atoms with Gasteiger partial charge in [-0.3, -0.25) is 0 Å². The molecule has 0 fully saturated rings. The van der Waals surface area contributed by atoms with E-state index in [0.29, 0.717) is 20.1 Å². The Kier molecular flexibility index (Phi) is 6.09. The maximum atomic E-state index is 6.34. The predicted molar refractivity (Wildman–Crippen MR) is 91.9 cm³/mol. The van der Waals surface area contributed by atoms with Crippen molar-refractivity contribution < 1.29 is 0 Å². The van der Waals surface area contributed by atoms with Gasteiger partial charge >= 0.3 is 0 Å². The quantitative estimate of drug-likeness (QED) is 0.489. The molecule has 0 radical (unpaired) electrons. The maximum Gasteiger partial charge on any atom is 0.0782 e. The molecule has 114 valence electrons. The van der Waals surface area contributed by atoms with E-state index in [1.54, 1.807) is 6.07 Å². The fourth-order valence-electron chi connectivity index (χ4n) is 2.06. The van der Waals surface area contributed by atoms with Crippen LogP contribution >= 0.6 is 46.4 Å². The highest BCUT2D eigenvalue weighted by Gasteiger charge is 2.28. The van der Waals surface area contributed by atoms with Crippen LogP contribution in [-0.4, -0.2) is 12.1 Å². The van der Waals surface area contributed by atoms with E-state index in [0.717, 1.165) is 18.5 Å². The summed E-state index contributed by atoms with van der Waals surface area (Å²) in [6.07, 6.45) is 0.891. The summed E-state index contributed by atoms with van der Waals surface area (Å²) >= 11 is 24.8. The number of hydrogen-bond acceptors (Lipinski definition) is 1. The van der Waals surface area contributed by atoms with E-state index in [-0.39, 0.29) is 11.0 Å². The van der Waals surface area contributed by atoms with E-state index in [4.69, 9.17) is 46.4 Å². The molecular formula is C15H21Cl4N. The zero-order chi connectivity index (χ0) is 15.7. The highest BCUT2D eigenvalue weighted by Crippen LogP contribution is 2.44. The second-order valence-electron chi connectivity index (χ2n) is 6.65. The Morgan fingerprint density at radius 3 is 1.95 bits per heavy atom. The minimum absolute atomic E-state index is 0.0846. The molecule has 0 saturated carbocycles. The van der Waals surface area contributed by atoms with Crippen LogP contribution in [0.5, 0.6) is 0 Å². The molecule has 1 rings (SSSR count). The molecule has 0 spiro atoms. The fraction of sp³-hybridized carbons (Fsp3) is 0.600. The Morgan fingerprint density at radius 2 is 1.45 bits per heavy atom. The van der Waals surface area contributed by atoms with Crippen LogP contribution in [0.1, 0.15) is 46.6 Å². The standard InChI is InChI=1S/C15H21Cl4N/c1-14(2,3)20-7-6-15(4,5)11-9(16)8-10(17)12(18)13(11)19/h8,20H,6-7H2,1-5H3. The van der Waals surface area contributed by atoms with Gasteiger partial charge in [-0.1, -0.05) is 60.3 Å². The summed E-state index contributed by atoms with van der Waals surface area (Å²) in [4.78, 5) is 0. The summed E-state index contributed by atoms with van der Waals surface area (Å²) in [5, 5.41) is 5.23. The van der Waals surface area contributed by atoms with Gasteiger partial charge in [-0.2, -0.15) is 0 Å². The normalized spacial score (nSPS) is 12.8. The molecule has 1 nitrogen and oxygen atoms in total. The second kappa shape index (κ2) is 6.62. The van der Waals surface area contributed by atoms with Crippen molar-refractivity contribution in [3.05, 3.63) is 31.7 Å². The Labute approximate surface area is 141 Å². The molecule has 0 amide bonds. The van der Waals surface area contributed by atoms with Crippen molar-refractivity contribution in [2.75, 3.05) is 6.54 Å². The van der Waals surface area contributed by atoms with Gasteiger partial charge in [0.15, 0.2) is 0 Å². The van der Waals surface area contributed by atoms with Crippen molar-refractivity contribution in [1.82, 2.24) is 5.32 Å². The van der Waals surface area contributed by atoms with Crippen LogP contribution in [0.25, 0.3) is 0 Å². The van der Waals surface area contributed by atoms with Crippen LogP contribution in [-0.2, 0) is 5.41 Å². The summed E-state index contributed by atoms with van der Waals surface area (Å²) in [5.74, 6) is 0. The molecule has 0 aliphatic rings. The van der Waals surface area contributed by atoms with Crippen molar-refractivity contribution in [1.29, 1.82) is 0 Å². The molecule has 0 atom stereocenters. The predicted octanol–water partition coefficient (Wildman–Crippen LogP) is 6.36. The lowest BCUT2D eigenvalue weighted by Gasteiger charge is -2.30. The summed E-state index contributed by atoms with van der Waals surface area (Å²) in [6, 6.07) is 1.66. The molecule has 0 bridgehead atoms. The van der Waals surface area contributed by atoms with Crippen molar-refractivity contribution in [2.24, 2.45) is 0 Å². The van der Waals surface area contributed by atoms with Crippen LogP contribution in [0.4, 0.5) is 0 Å². The van der Waals surface area contributed by atoms with Crippen molar-refractivity contribution in [2.45, 2.75) is 52.0 Å². The average molecular weight is 357 g/mol. The lowest BCUT2D eigenvalue weighted by molar-refractivity contribution is 0.379. The molecule has 0 heterocycles. The Hall–Kier alpha value is 0.340. The third kappa shape index (κ3) is 4.68. The van der Waals surface area contributed by atoms with Gasteiger partial charge in [-0.15, -0.1) is 0 Å². The van der Waals surface area contributed by atoms with Gasteiger partial charge in [-0.25, -0.2) is 0 Å². The Bertz CT molecular complexity index is 490. The van der Waals surface area contributed by atoms with Crippen molar-refractivity contribution in [3.63, 3.8) is 0 Å². The lowest BCUT2D eigenvalue weighted by atomic mass is 9.81. The van der Waals surface area contributed by atoms with Crippen LogP contribution in [0.2, 0.25) is 20.1 Å². The Balaban J connectivity index is 3.01. The van der Waals surface area contributed by atoms with E-state index in [1.165, 1.54) is 0 Å². The minimum Gasteiger partial charge on any atom is -0.312 e. The van der Waals surface area contributed by atoms with Gasteiger partial charge < -0.3 is 5.32 Å². The van der Waals surface area contributed by atoms with Gasteiger partial charge in [0, 0.05) is 10.6 Å². The molecule has 1 aromatic rings. The van der Waals surface area contributed by atoms with Gasteiger partial charge in [0.25, 0.3) is 0 Å². The molecule has 0 saturated heterocycles. The van der Waals surface area contributed by atoms with E-state index in [1.807, 2.05) is 0 Å². The first-order valence-electron chi connectivity index (χ1n) is 6.54. The lowest BCUT2D eigenvalue weighted by Crippen LogP contribution is -2.38. The number of halogens is 4. The molecule has 1 aromatic carbocycles. The zero-order valence-corrected chi connectivity index (χ0v) is 15.5. The first-order chi connectivity index (χ1) is 8.96. The smallest absolute Gasteiger partial charge is 0.0782 e. The van der Waals surface area contributed by atoms with E-state index in [2.05, 4.69) is 39.9 Å². The maximum absolute atomic E-state index is 6.34. The highest BCUT2D eigenvalue weighted by molar-refractivity contribution is 6.49. The first-order valence-corrected chi connectivity index (χ1v) is 8.05. The average Bonchev–Trinajstić information content (AvgIpc) is 2.23. The van der Waals surface area contributed by atoms with E-state index >= 15 is 0 Å². The zero-order valence-electron chi connectivity index (χ0n) is 12.5. The topological polar surface area (TPSA) is 12.0 Å². The largest absolute Gasteiger partial charge is 0.312 e. The minimum atomic E-state index is -0.194. The molecule has 0 unspecified atom stereocenters. The summed E-state index contributed by atoms with van der Waals surface area (Å²) in [5.41, 5.74) is 0.744. The van der Waals surface area contributed by atoms with Crippen LogP contribution in [0, 0.1) is 0 Å². The van der Waals surface area contributed by atoms with Crippen LogP contribution < -0.4 is 5.32 Å². The fourth-order valence-corrected chi connectivity index (χ4v) is 3.49. The number of nitrogens with one attached hydrogen (secondary N) is 1. The summed E-state index contributed by atoms with van der Waals surface area (Å²) in [6.45, 7) is 11.5. The monoisotopic (exact) mass is 355 g/mol. The Morgan fingerprint density at radius 1 is 0.900 bits per heavy atom. The third-order valence-corrected chi connectivity index (χ3v) is 4.76. The molecule has 5 heteroatoms. The third-order valence-electron chi connectivity index (χ3n) is 3.20.